The molecule has 0 spiro atoms. The predicted octanol–water partition coefficient (Wildman–Crippen LogP) is 0.197. The van der Waals surface area contributed by atoms with Gasteiger partial charge in [0, 0.05) is 20.8 Å². The summed E-state index contributed by atoms with van der Waals surface area (Å²) in [5.74, 6) is 0.442. The monoisotopic (exact) mass is 291 g/mol. The van der Waals surface area contributed by atoms with E-state index < -0.39 is 0 Å². The van der Waals surface area contributed by atoms with E-state index in [0.29, 0.717) is 32.3 Å². The molecule has 0 radical (unpaired) electrons. The number of halogens is 1. The van der Waals surface area contributed by atoms with Crippen molar-refractivity contribution in [2.75, 3.05) is 51.6 Å². The molecule has 0 saturated carbocycles. The molecule has 0 unspecified atom stereocenters. The Morgan fingerprint density at radius 2 is 1.95 bits per heavy atom. The molecule has 0 aromatic carbocycles. The minimum atomic E-state index is -0.105. The minimum absolute atomic E-state index is 0.0852. The molecular formula is C10H18ClN5O3. The van der Waals surface area contributed by atoms with Gasteiger partial charge in [0.05, 0.1) is 19.8 Å². The molecule has 1 rings (SSSR count). The summed E-state index contributed by atoms with van der Waals surface area (Å²) in [6.07, 6.45) is -0.105. The molecule has 0 aliphatic rings. The van der Waals surface area contributed by atoms with Crippen LogP contribution in [0, 0.1) is 0 Å². The maximum Gasteiger partial charge on any atom is 0.244 e. The number of rotatable bonds is 9. The summed E-state index contributed by atoms with van der Waals surface area (Å²) in [6.45, 7) is 1.90. The number of hydrogen-bond donors (Lipinski definition) is 2. The van der Waals surface area contributed by atoms with Crippen LogP contribution >= 0.6 is 11.6 Å². The molecule has 0 atom stereocenters. The van der Waals surface area contributed by atoms with E-state index in [1.807, 2.05) is 0 Å². The number of nitrogens with zero attached hydrogens (tertiary/aromatic N) is 3. The van der Waals surface area contributed by atoms with Gasteiger partial charge in [-0.15, -0.1) is 10.2 Å². The summed E-state index contributed by atoms with van der Waals surface area (Å²) in [5, 5.41) is 10.4. The van der Waals surface area contributed by atoms with Gasteiger partial charge in [-0.3, -0.25) is 0 Å². The Labute approximate surface area is 116 Å². The second-order valence-electron chi connectivity index (χ2n) is 3.64. The lowest BCUT2D eigenvalue weighted by Crippen LogP contribution is -2.27. The first kappa shape index (κ1) is 15.8. The summed E-state index contributed by atoms with van der Waals surface area (Å²) >= 11 is 5.61. The Kier molecular flexibility index (Phi) is 7.34. The SMILES string of the molecule is COCC(COC)OCCNc1nnc(Cl)c(N)n1. The molecular weight excluding hydrogens is 274 g/mol. The van der Waals surface area contributed by atoms with Crippen molar-refractivity contribution in [1.82, 2.24) is 15.2 Å². The van der Waals surface area contributed by atoms with Crippen LogP contribution in [-0.4, -0.2) is 61.9 Å². The van der Waals surface area contributed by atoms with Crippen LogP contribution in [-0.2, 0) is 14.2 Å². The van der Waals surface area contributed by atoms with Gasteiger partial charge in [-0.05, 0) is 0 Å². The van der Waals surface area contributed by atoms with E-state index in [-0.39, 0.29) is 17.1 Å². The third-order valence-corrected chi connectivity index (χ3v) is 2.38. The highest BCUT2D eigenvalue weighted by Gasteiger charge is 2.08. The standard InChI is InChI=1S/C10H18ClN5O3/c1-17-5-7(6-18-2)19-4-3-13-10-14-9(12)8(11)15-16-10/h7H,3-6H2,1-2H3,(H3,12,13,14,16). The summed E-state index contributed by atoms with van der Waals surface area (Å²) < 4.78 is 15.6. The van der Waals surface area contributed by atoms with Crippen molar-refractivity contribution in [2.45, 2.75) is 6.10 Å². The first-order valence-corrected chi connectivity index (χ1v) is 6.04. The number of nitrogen functional groups attached to an aromatic ring is 1. The van der Waals surface area contributed by atoms with Crippen molar-refractivity contribution in [1.29, 1.82) is 0 Å². The third-order valence-electron chi connectivity index (χ3n) is 2.11. The molecule has 1 aromatic rings. The average molecular weight is 292 g/mol. The molecule has 8 nitrogen and oxygen atoms in total. The van der Waals surface area contributed by atoms with Crippen LogP contribution in [0.4, 0.5) is 11.8 Å². The first-order valence-electron chi connectivity index (χ1n) is 5.66. The van der Waals surface area contributed by atoms with Gasteiger partial charge in [0.2, 0.25) is 5.95 Å². The van der Waals surface area contributed by atoms with E-state index in [0.717, 1.165) is 0 Å². The molecule has 0 aliphatic heterocycles. The van der Waals surface area contributed by atoms with Crippen LogP contribution in [0.25, 0.3) is 0 Å². The van der Waals surface area contributed by atoms with E-state index in [4.69, 9.17) is 31.5 Å². The second-order valence-corrected chi connectivity index (χ2v) is 4.00. The Hall–Kier alpha value is -1.22. The zero-order chi connectivity index (χ0) is 14.1. The molecule has 1 aromatic heterocycles. The maximum absolute atomic E-state index is 5.61. The Morgan fingerprint density at radius 3 is 2.53 bits per heavy atom. The fourth-order valence-electron chi connectivity index (χ4n) is 1.30. The molecule has 3 N–H and O–H groups in total. The molecule has 0 amide bonds. The van der Waals surface area contributed by atoms with E-state index in [9.17, 15) is 0 Å². The summed E-state index contributed by atoms with van der Waals surface area (Å²) in [7, 11) is 3.22. The van der Waals surface area contributed by atoms with Gasteiger partial charge in [0.25, 0.3) is 0 Å². The quantitative estimate of drug-likeness (QED) is 0.622. The number of aromatic nitrogens is 3. The molecule has 0 fully saturated rings. The number of hydrogen-bond acceptors (Lipinski definition) is 8. The van der Waals surface area contributed by atoms with Crippen LogP contribution in [0.3, 0.4) is 0 Å². The zero-order valence-electron chi connectivity index (χ0n) is 10.9. The average Bonchev–Trinajstić information content (AvgIpc) is 2.39. The third kappa shape index (κ3) is 5.97. The van der Waals surface area contributed by atoms with Gasteiger partial charge in [-0.1, -0.05) is 11.6 Å². The number of anilines is 2. The normalized spacial score (nSPS) is 10.9. The maximum atomic E-state index is 5.61. The molecule has 108 valence electrons. The van der Waals surface area contributed by atoms with Crippen LogP contribution in [0.1, 0.15) is 0 Å². The molecule has 1 heterocycles. The van der Waals surface area contributed by atoms with Crippen LogP contribution in [0.5, 0.6) is 0 Å². The van der Waals surface area contributed by atoms with Gasteiger partial charge in [0.1, 0.15) is 6.10 Å². The highest BCUT2D eigenvalue weighted by atomic mass is 35.5. The topological polar surface area (TPSA) is 104 Å². The van der Waals surface area contributed by atoms with Gasteiger partial charge < -0.3 is 25.3 Å². The van der Waals surface area contributed by atoms with Crippen molar-refractivity contribution in [3.63, 3.8) is 0 Å². The van der Waals surface area contributed by atoms with Crippen LogP contribution < -0.4 is 11.1 Å². The van der Waals surface area contributed by atoms with Gasteiger partial charge in [-0.25, -0.2) is 0 Å². The van der Waals surface area contributed by atoms with Crippen molar-refractivity contribution in [3.8, 4) is 0 Å². The molecule has 0 saturated heterocycles. The minimum Gasteiger partial charge on any atom is -0.382 e. The lowest BCUT2D eigenvalue weighted by Gasteiger charge is -2.16. The summed E-state index contributed by atoms with van der Waals surface area (Å²) in [6, 6.07) is 0. The van der Waals surface area contributed by atoms with Gasteiger partial charge >= 0.3 is 0 Å². The van der Waals surface area contributed by atoms with Gasteiger partial charge in [-0.2, -0.15) is 4.98 Å². The van der Waals surface area contributed by atoms with Crippen molar-refractivity contribution in [2.24, 2.45) is 0 Å². The Bertz CT molecular complexity index is 376. The van der Waals surface area contributed by atoms with Gasteiger partial charge in [0.15, 0.2) is 11.0 Å². The van der Waals surface area contributed by atoms with Crippen molar-refractivity contribution >= 4 is 23.4 Å². The smallest absolute Gasteiger partial charge is 0.244 e. The Balaban J connectivity index is 2.27. The fraction of sp³-hybridized carbons (Fsp3) is 0.700. The lowest BCUT2D eigenvalue weighted by molar-refractivity contribution is -0.0376. The fourth-order valence-corrected chi connectivity index (χ4v) is 1.38. The van der Waals surface area contributed by atoms with Crippen LogP contribution in [0.2, 0.25) is 5.15 Å². The zero-order valence-corrected chi connectivity index (χ0v) is 11.7. The summed E-state index contributed by atoms with van der Waals surface area (Å²) in [4.78, 5) is 3.92. The largest absolute Gasteiger partial charge is 0.382 e. The molecule has 9 heteroatoms. The van der Waals surface area contributed by atoms with Crippen molar-refractivity contribution in [3.05, 3.63) is 5.15 Å². The first-order chi connectivity index (χ1) is 9.17. The number of ether oxygens (including phenoxy) is 3. The highest BCUT2D eigenvalue weighted by Crippen LogP contribution is 2.11. The lowest BCUT2D eigenvalue weighted by atomic mass is 10.4. The van der Waals surface area contributed by atoms with Crippen LogP contribution in [0.15, 0.2) is 0 Å². The Morgan fingerprint density at radius 1 is 1.26 bits per heavy atom. The molecule has 19 heavy (non-hydrogen) atoms. The predicted molar refractivity (Wildman–Crippen MR) is 71.2 cm³/mol. The summed E-state index contributed by atoms with van der Waals surface area (Å²) in [5.41, 5.74) is 5.50. The van der Waals surface area contributed by atoms with E-state index in [1.54, 1.807) is 14.2 Å². The second kappa shape index (κ2) is 8.81. The molecule has 0 bridgehead atoms. The highest BCUT2D eigenvalue weighted by molar-refractivity contribution is 6.31. The number of methoxy groups -OCH3 is 2. The number of nitrogens with one attached hydrogen (secondary N) is 1. The molecule has 0 aliphatic carbocycles. The van der Waals surface area contributed by atoms with Crippen molar-refractivity contribution < 1.29 is 14.2 Å². The number of nitrogens with two attached hydrogens (primary N) is 1. The van der Waals surface area contributed by atoms with E-state index in [2.05, 4.69) is 20.5 Å². The van der Waals surface area contributed by atoms with E-state index >= 15 is 0 Å². The van der Waals surface area contributed by atoms with E-state index in [1.165, 1.54) is 0 Å².